The largest absolute Gasteiger partial charge is 0.332 e. The van der Waals surface area contributed by atoms with Crippen molar-refractivity contribution in [2.75, 3.05) is 5.32 Å². The van der Waals surface area contributed by atoms with Crippen LogP contribution in [0.3, 0.4) is 0 Å². The molecule has 0 fully saturated rings. The zero-order valence-electron chi connectivity index (χ0n) is 11.8. The molecule has 2 heterocycles. The number of benzene rings is 1. The van der Waals surface area contributed by atoms with E-state index in [0.717, 1.165) is 5.69 Å². The zero-order chi connectivity index (χ0) is 15.5. The molecule has 0 aliphatic carbocycles. The highest BCUT2D eigenvalue weighted by Crippen LogP contribution is 2.21. The average Bonchev–Trinajstić information content (AvgIpc) is 2.95. The van der Waals surface area contributed by atoms with Gasteiger partial charge in [-0.2, -0.15) is 0 Å². The molecule has 0 aliphatic rings. The highest BCUT2D eigenvalue weighted by atomic mass is 19.1. The summed E-state index contributed by atoms with van der Waals surface area (Å²) in [6.07, 6.45) is 4.92. The molecule has 0 atom stereocenters. The van der Waals surface area contributed by atoms with Crippen LogP contribution in [0, 0.1) is 5.82 Å². The first-order valence-electron chi connectivity index (χ1n) is 6.64. The Kier molecular flexibility index (Phi) is 3.65. The van der Waals surface area contributed by atoms with Crippen molar-refractivity contribution < 1.29 is 9.18 Å². The minimum atomic E-state index is -0.352. The maximum atomic E-state index is 12.9. The predicted octanol–water partition coefficient (Wildman–Crippen LogP) is 2.87. The summed E-state index contributed by atoms with van der Waals surface area (Å²) in [5, 5.41) is 2.73. The van der Waals surface area contributed by atoms with Crippen molar-refractivity contribution in [1.29, 1.82) is 0 Å². The Morgan fingerprint density at radius 1 is 1.23 bits per heavy atom. The first-order chi connectivity index (χ1) is 10.6. The fourth-order valence-electron chi connectivity index (χ4n) is 2.11. The van der Waals surface area contributed by atoms with Crippen LogP contribution in [-0.4, -0.2) is 20.4 Å². The first kappa shape index (κ1) is 13.9. The molecule has 5 nitrogen and oxygen atoms in total. The molecule has 22 heavy (non-hydrogen) atoms. The number of pyridine rings is 1. The number of halogens is 1. The summed E-state index contributed by atoms with van der Waals surface area (Å²) in [7, 11) is 1.83. The molecule has 1 N–H and O–H groups in total. The number of amides is 1. The lowest BCUT2D eigenvalue weighted by atomic mass is 10.1. The van der Waals surface area contributed by atoms with Crippen molar-refractivity contribution >= 4 is 11.6 Å². The van der Waals surface area contributed by atoms with Crippen molar-refractivity contribution in [2.24, 2.45) is 7.05 Å². The summed E-state index contributed by atoms with van der Waals surface area (Å²) in [5.41, 5.74) is 2.23. The maximum Gasteiger partial charge on any atom is 0.257 e. The second-order valence-corrected chi connectivity index (χ2v) is 4.75. The molecule has 0 unspecified atom stereocenters. The van der Waals surface area contributed by atoms with Gasteiger partial charge in [-0.1, -0.05) is 0 Å². The molecule has 6 heteroatoms. The first-order valence-corrected chi connectivity index (χ1v) is 6.64. The van der Waals surface area contributed by atoms with Crippen molar-refractivity contribution in [3.63, 3.8) is 0 Å². The molecule has 0 aliphatic heterocycles. The van der Waals surface area contributed by atoms with E-state index in [4.69, 9.17) is 0 Å². The summed E-state index contributed by atoms with van der Waals surface area (Å²) in [4.78, 5) is 20.8. The Morgan fingerprint density at radius 2 is 2.00 bits per heavy atom. The van der Waals surface area contributed by atoms with Gasteiger partial charge in [0.2, 0.25) is 0 Å². The van der Waals surface area contributed by atoms with E-state index in [2.05, 4.69) is 15.3 Å². The quantitative estimate of drug-likeness (QED) is 0.808. The number of nitrogens with zero attached hydrogens (tertiary/aromatic N) is 3. The monoisotopic (exact) mass is 296 g/mol. The number of anilines is 1. The Hall–Kier alpha value is -3.02. The maximum absolute atomic E-state index is 12.9. The predicted molar refractivity (Wildman–Crippen MR) is 80.8 cm³/mol. The van der Waals surface area contributed by atoms with Crippen LogP contribution in [0.5, 0.6) is 0 Å². The lowest BCUT2D eigenvalue weighted by molar-refractivity contribution is 0.102. The number of aryl methyl sites for hydroxylation is 1. The smallest absolute Gasteiger partial charge is 0.257 e. The van der Waals surface area contributed by atoms with E-state index in [9.17, 15) is 9.18 Å². The second-order valence-electron chi connectivity index (χ2n) is 4.75. The van der Waals surface area contributed by atoms with Gasteiger partial charge in [-0.05, 0) is 36.4 Å². The molecular formula is C16H13FN4O. The van der Waals surface area contributed by atoms with Crippen molar-refractivity contribution in [1.82, 2.24) is 14.5 Å². The molecule has 0 spiro atoms. The van der Waals surface area contributed by atoms with E-state index in [1.165, 1.54) is 24.3 Å². The summed E-state index contributed by atoms with van der Waals surface area (Å²) in [6.45, 7) is 0. The number of aromatic nitrogens is 3. The van der Waals surface area contributed by atoms with Crippen molar-refractivity contribution in [3.8, 4) is 11.4 Å². The minimum absolute atomic E-state index is 0.309. The minimum Gasteiger partial charge on any atom is -0.332 e. The Labute approximate surface area is 126 Å². The molecular weight excluding hydrogens is 283 g/mol. The van der Waals surface area contributed by atoms with E-state index in [1.807, 2.05) is 7.05 Å². The third-order valence-electron chi connectivity index (χ3n) is 3.21. The third-order valence-corrected chi connectivity index (χ3v) is 3.21. The Bertz CT molecular complexity index is 811. The topological polar surface area (TPSA) is 59.8 Å². The van der Waals surface area contributed by atoms with Crippen LogP contribution in [0.4, 0.5) is 10.1 Å². The Balaban J connectivity index is 1.93. The molecule has 2 aromatic heterocycles. The number of hydrogen-bond acceptors (Lipinski definition) is 3. The molecule has 1 aromatic carbocycles. The van der Waals surface area contributed by atoms with Crippen LogP contribution in [0.2, 0.25) is 0 Å². The van der Waals surface area contributed by atoms with E-state index < -0.39 is 0 Å². The van der Waals surface area contributed by atoms with Gasteiger partial charge >= 0.3 is 0 Å². The SMILES string of the molecule is Cn1cncc1-c1ncccc1C(=O)Nc1ccc(F)cc1. The summed E-state index contributed by atoms with van der Waals surface area (Å²) in [6, 6.07) is 8.98. The van der Waals surface area contributed by atoms with Gasteiger partial charge < -0.3 is 9.88 Å². The van der Waals surface area contributed by atoms with Gasteiger partial charge in [-0.15, -0.1) is 0 Å². The lowest BCUT2D eigenvalue weighted by Crippen LogP contribution is -2.14. The molecule has 3 rings (SSSR count). The molecule has 0 radical (unpaired) electrons. The standard InChI is InChI=1S/C16H13FN4O/c1-21-10-18-9-14(21)15-13(3-2-8-19-15)16(22)20-12-6-4-11(17)5-7-12/h2-10H,1H3,(H,20,22). The normalized spacial score (nSPS) is 10.5. The van der Waals surface area contributed by atoms with Crippen LogP contribution in [0.25, 0.3) is 11.4 Å². The lowest BCUT2D eigenvalue weighted by Gasteiger charge is -2.09. The average molecular weight is 296 g/mol. The second kappa shape index (κ2) is 5.77. The zero-order valence-corrected chi connectivity index (χ0v) is 11.8. The van der Waals surface area contributed by atoms with Gasteiger partial charge in [0, 0.05) is 18.9 Å². The van der Waals surface area contributed by atoms with Gasteiger partial charge in [-0.25, -0.2) is 9.37 Å². The van der Waals surface area contributed by atoms with Crippen LogP contribution >= 0.6 is 0 Å². The number of rotatable bonds is 3. The fraction of sp³-hybridized carbons (Fsp3) is 0.0625. The van der Waals surface area contributed by atoms with Crippen LogP contribution in [0.1, 0.15) is 10.4 Å². The van der Waals surface area contributed by atoms with Crippen LogP contribution in [0.15, 0.2) is 55.1 Å². The molecule has 3 aromatic rings. The van der Waals surface area contributed by atoms with Crippen LogP contribution < -0.4 is 5.32 Å². The highest BCUT2D eigenvalue weighted by molar-refractivity contribution is 6.07. The molecule has 110 valence electrons. The molecule has 0 saturated heterocycles. The van der Waals surface area contributed by atoms with Crippen molar-refractivity contribution in [2.45, 2.75) is 0 Å². The van der Waals surface area contributed by atoms with E-state index in [1.54, 1.807) is 35.4 Å². The highest BCUT2D eigenvalue weighted by Gasteiger charge is 2.16. The molecule has 0 bridgehead atoms. The van der Waals surface area contributed by atoms with Gasteiger partial charge in [0.05, 0.1) is 23.8 Å². The summed E-state index contributed by atoms with van der Waals surface area (Å²) >= 11 is 0. The summed E-state index contributed by atoms with van der Waals surface area (Å²) < 4.78 is 14.7. The fourth-order valence-corrected chi connectivity index (χ4v) is 2.11. The van der Waals surface area contributed by atoms with Gasteiger partial charge in [0.15, 0.2) is 0 Å². The number of carbonyl (C=O) groups excluding carboxylic acids is 1. The van der Waals surface area contributed by atoms with Crippen LogP contribution in [-0.2, 0) is 7.05 Å². The van der Waals surface area contributed by atoms with Gasteiger partial charge in [0.1, 0.15) is 11.5 Å². The number of imidazole rings is 1. The number of nitrogens with one attached hydrogen (secondary N) is 1. The third kappa shape index (κ3) is 2.71. The van der Waals surface area contributed by atoms with Crippen molar-refractivity contribution in [3.05, 3.63) is 66.5 Å². The Morgan fingerprint density at radius 3 is 2.68 bits per heavy atom. The molecule has 0 saturated carbocycles. The van der Waals surface area contributed by atoms with E-state index in [-0.39, 0.29) is 11.7 Å². The van der Waals surface area contributed by atoms with E-state index in [0.29, 0.717) is 16.9 Å². The molecule has 1 amide bonds. The summed E-state index contributed by atoms with van der Waals surface area (Å²) in [5.74, 6) is -0.661. The van der Waals surface area contributed by atoms with Gasteiger partial charge in [-0.3, -0.25) is 9.78 Å². The number of hydrogen-bond donors (Lipinski definition) is 1. The van der Waals surface area contributed by atoms with E-state index >= 15 is 0 Å². The number of carbonyl (C=O) groups is 1. The van der Waals surface area contributed by atoms with Gasteiger partial charge in [0.25, 0.3) is 5.91 Å².